The molecule has 0 saturated carbocycles. The average Bonchev–Trinajstić information content (AvgIpc) is 3.03. The van der Waals surface area contributed by atoms with Crippen molar-refractivity contribution in [1.29, 1.82) is 0 Å². The fourth-order valence-corrected chi connectivity index (χ4v) is 1.95. The lowest BCUT2D eigenvalue weighted by atomic mass is 10.2. The van der Waals surface area contributed by atoms with Crippen molar-refractivity contribution in [2.75, 3.05) is 0 Å². The van der Waals surface area contributed by atoms with Gasteiger partial charge in [-0.1, -0.05) is 24.2 Å². The van der Waals surface area contributed by atoms with Gasteiger partial charge in [0.25, 0.3) is 0 Å². The summed E-state index contributed by atoms with van der Waals surface area (Å²) >= 11 is 0. The van der Waals surface area contributed by atoms with Gasteiger partial charge in [-0.3, -0.25) is 4.79 Å². The molecule has 0 aliphatic heterocycles. The second-order valence-corrected chi connectivity index (χ2v) is 5.04. The Kier molecular flexibility index (Phi) is 4.16. The van der Waals surface area contributed by atoms with Crippen LogP contribution in [0.4, 0.5) is 0 Å². The van der Waals surface area contributed by atoms with E-state index in [1.165, 1.54) is 0 Å². The van der Waals surface area contributed by atoms with Crippen LogP contribution in [0.2, 0.25) is 0 Å². The highest BCUT2D eigenvalue weighted by Crippen LogP contribution is 2.17. The smallest absolute Gasteiger partial charge is 0.243 e. The Hall–Kier alpha value is -2.18. The van der Waals surface area contributed by atoms with Crippen molar-refractivity contribution in [3.8, 4) is 0 Å². The Morgan fingerprint density at radius 1 is 1.40 bits per heavy atom. The summed E-state index contributed by atoms with van der Waals surface area (Å²) in [6, 6.07) is -0.324. The van der Waals surface area contributed by atoms with Gasteiger partial charge in [0.2, 0.25) is 5.91 Å². The van der Waals surface area contributed by atoms with Gasteiger partial charge in [-0.05, 0) is 13.8 Å². The van der Waals surface area contributed by atoms with Crippen molar-refractivity contribution in [1.82, 2.24) is 25.2 Å². The summed E-state index contributed by atoms with van der Waals surface area (Å²) in [6.45, 7) is 8.04. The number of rotatable bonds is 5. The molecule has 2 rings (SSSR count). The molecule has 0 radical (unpaired) electrons. The highest BCUT2D eigenvalue weighted by molar-refractivity contribution is 5.79. The van der Waals surface area contributed by atoms with Crippen LogP contribution in [0.1, 0.15) is 49.9 Å². The van der Waals surface area contributed by atoms with Gasteiger partial charge < -0.3 is 9.88 Å². The number of carbonyl (C=O) groups is 1. The molecule has 0 aliphatic rings. The predicted octanol–water partition coefficient (Wildman–Crippen LogP) is 1.58. The number of carbonyl (C=O) groups excluding carboxylic acids is 1. The van der Waals surface area contributed by atoms with E-state index in [-0.39, 0.29) is 17.9 Å². The number of aryl methyl sites for hydroxylation is 1. The molecule has 0 bridgehead atoms. The molecule has 0 aliphatic carbocycles. The summed E-state index contributed by atoms with van der Waals surface area (Å²) in [4.78, 5) is 16.5. The van der Waals surface area contributed by atoms with E-state index < -0.39 is 0 Å². The van der Waals surface area contributed by atoms with E-state index in [0.717, 1.165) is 5.82 Å². The standard InChI is InChI=1S/C13H19N5O2/c1-8(2)12-14-5-6-18(12)10(4)13(19)15-7-11-9(3)16-20-17-11/h5-6,8,10H,7H2,1-4H3,(H,15,19)/t10-/m0/s1. The second-order valence-electron chi connectivity index (χ2n) is 5.04. The van der Waals surface area contributed by atoms with Crippen LogP contribution < -0.4 is 5.32 Å². The number of hydrogen-bond acceptors (Lipinski definition) is 5. The number of nitrogens with zero attached hydrogens (tertiary/aromatic N) is 4. The van der Waals surface area contributed by atoms with Crippen LogP contribution in [-0.4, -0.2) is 25.8 Å². The lowest BCUT2D eigenvalue weighted by Crippen LogP contribution is -2.31. The van der Waals surface area contributed by atoms with E-state index in [1.54, 1.807) is 13.1 Å². The van der Waals surface area contributed by atoms with Gasteiger partial charge in [0, 0.05) is 18.3 Å². The van der Waals surface area contributed by atoms with E-state index >= 15 is 0 Å². The van der Waals surface area contributed by atoms with Crippen LogP contribution in [0.5, 0.6) is 0 Å². The molecular weight excluding hydrogens is 258 g/mol. The largest absolute Gasteiger partial charge is 0.348 e. The van der Waals surface area contributed by atoms with Gasteiger partial charge in [0.1, 0.15) is 23.3 Å². The topological polar surface area (TPSA) is 85.8 Å². The quantitative estimate of drug-likeness (QED) is 0.896. The lowest BCUT2D eigenvalue weighted by Gasteiger charge is -2.17. The van der Waals surface area contributed by atoms with E-state index in [2.05, 4.69) is 25.2 Å². The van der Waals surface area contributed by atoms with E-state index in [9.17, 15) is 4.79 Å². The average molecular weight is 277 g/mol. The summed E-state index contributed by atoms with van der Waals surface area (Å²) in [5.74, 6) is 1.07. The maximum atomic E-state index is 12.2. The van der Waals surface area contributed by atoms with Gasteiger partial charge in [0.05, 0.1) is 6.54 Å². The minimum Gasteiger partial charge on any atom is -0.348 e. The number of nitrogens with one attached hydrogen (secondary N) is 1. The Bertz CT molecular complexity index is 587. The molecular formula is C13H19N5O2. The maximum absolute atomic E-state index is 12.2. The van der Waals surface area contributed by atoms with Crippen LogP contribution >= 0.6 is 0 Å². The number of hydrogen-bond donors (Lipinski definition) is 1. The highest BCUT2D eigenvalue weighted by atomic mass is 16.6. The molecule has 0 saturated heterocycles. The zero-order valence-corrected chi connectivity index (χ0v) is 12.1. The van der Waals surface area contributed by atoms with Crippen molar-refractivity contribution < 1.29 is 9.42 Å². The highest BCUT2D eigenvalue weighted by Gasteiger charge is 2.19. The number of aromatic nitrogens is 4. The van der Waals surface area contributed by atoms with Crippen molar-refractivity contribution in [3.63, 3.8) is 0 Å². The monoisotopic (exact) mass is 277 g/mol. The van der Waals surface area contributed by atoms with Gasteiger partial charge >= 0.3 is 0 Å². The summed E-state index contributed by atoms with van der Waals surface area (Å²) in [5.41, 5.74) is 1.32. The molecule has 108 valence electrons. The molecule has 2 aromatic heterocycles. The van der Waals surface area contributed by atoms with Gasteiger partial charge in [-0.2, -0.15) is 0 Å². The van der Waals surface area contributed by atoms with Crippen LogP contribution in [0.25, 0.3) is 0 Å². The first-order valence-electron chi connectivity index (χ1n) is 6.59. The lowest BCUT2D eigenvalue weighted by molar-refractivity contribution is -0.124. The Labute approximate surface area is 117 Å². The van der Waals surface area contributed by atoms with Crippen LogP contribution in [0, 0.1) is 6.92 Å². The van der Waals surface area contributed by atoms with Gasteiger partial charge in [0.15, 0.2) is 0 Å². The first-order valence-corrected chi connectivity index (χ1v) is 6.59. The number of amides is 1. The molecule has 7 heteroatoms. The minimum atomic E-state index is -0.324. The van der Waals surface area contributed by atoms with E-state index in [4.69, 9.17) is 0 Å². The third-order valence-electron chi connectivity index (χ3n) is 3.19. The number of imidazole rings is 1. The van der Waals surface area contributed by atoms with E-state index in [1.807, 2.05) is 31.5 Å². The zero-order chi connectivity index (χ0) is 14.7. The van der Waals surface area contributed by atoms with Crippen molar-refractivity contribution in [2.45, 2.75) is 46.2 Å². The molecule has 20 heavy (non-hydrogen) atoms. The van der Waals surface area contributed by atoms with Crippen molar-refractivity contribution in [2.24, 2.45) is 0 Å². The molecule has 1 amide bonds. The Morgan fingerprint density at radius 3 is 2.75 bits per heavy atom. The maximum Gasteiger partial charge on any atom is 0.243 e. The Balaban J connectivity index is 2.02. The normalized spacial score (nSPS) is 12.7. The predicted molar refractivity (Wildman–Crippen MR) is 71.9 cm³/mol. The first kappa shape index (κ1) is 14.2. The SMILES string of the molecule is Cc1nonc1CNC(=O)[C@H](C)n1ccnc1C(C)C. The third-order valence-corrected chi connectivity index (χ3v) is 3.19. The summed E-state index contributed by atoms with van der Waals surface area (Å²) in [5, 5.41) is 10.2. The van der Waals surface area contributed by atoms with Crippen LogP contribution in [-0.2, 0) is 11.3 Å². The van der Waals surface area contributed by atoms with Crippen molar-refractivity contribution >= 4 is 5.91 Å². The molecule has 0 unspecified atom stereocenters. The molecule has 0 fully saturated rings. The van der Waals surface area contributed by atoms with Gasteiger partial charge in [-0.15, -0.1) is 0 Å². The molecule has 1 N–H and O–H groups in total. The van der Waals surface area contributed by atoms with Crippen LogP contribution in [0.3, 0.4) is 0 Å². The fraction of sp³-hybridized carbons (Fsp3) is 0.538. The molecule has 2 aromatic rings. The van der Waals surface area contributed by atoms with Gasteiger partial charge in [-0.25, -0.2) is 9.61 Å². The molecule has 7 nitrogen and oxygen atoms in total. The second kappa shape index (κ2) is 5.85. The fourth-order valence-electron chi connectivity index (χ4n) is 1.95. The first-order chi connectivity index (χ1) is 9.50. The van der Waals surface area contributed by atoms with Crippen LogP contribution in [0.15, 0.2) is 17.0 Å². The molecule has 2 heterocycles. The minimum absolute atomic E-state index is 0.0905. The third kappa shape index (κ3) is 2.87. The molecule has 0 spiro atoms. The van der Waals surface area contributed by atoms with E-state index in [0.29, 0.717) is 17.9 Å². The zero-order valence-electron chi connectivity index (χ0n) is 12.1. The van der Waals surface area contributed by atoms with Crippen molar-refractivity contribution in [3.05, 3.63) is 29.6 Å². The summed E-state index contributed by atoms with van der Waals surface area (Å²) in [7, 11) is 0. The summed E-state index contributed by atoms with van der Waals surface area (Å²) in [6.07, 6.45) is 3.54. The Morgan fingerprint density at radius 2 is 2.15 bits per heavy atom. The molecule has 1 atom stereocenters. The summed E-state index contributed by atoms with van der Waals surface area (Å²) < 4.78 is 6.48. The molecule has 0 aromatic carbocycles.